The fraction of sp³-hybridized carbons (Fsp3) is 0.913. The average Bonchev–Trinajstić information content (AvgIpc) is 3.09. The second-order valence-corrected chi connectivity index (χ2v) is 16.5. The number of nitrogens with zero attached hydrogens (tertiary/aromatic N) is 2. The molecule has 2 unspecified atom stereocenters. The summed E-state index contributed by atoms with van der Waals surface area (Å²) < 4.78 is 14.2. The molecular formula is C46H93N2O2+. The third-order valence-corrected chi connectivity index (χ3v) is 10.1. The van der Waals surface area contributed by atoms with Gasteiger partial charge in [0.05, 0.1) is 21.1 Å². The Hall–Kier alpha value is -0.680. The van der Waals surface area contributed by atoms with E-state index in [0.29, 0.717) is 0 Å². The Morgan fingerprint density at radius 2 is 0.760 bits per heavy atom. The topological polar surface area (TPSA) is 21.7 Å². The van der Waals surface area contributed by atoms with Crippen LogP contribution in [0.4, 0.5) is 0 Å². The van der Waals surface area contributed by atoms with Gasteiger partial charge in [-0.3, -0.25) is 0 Å². The lowest BCUT2D eigenvalue weighted by Crippen LogP contribution is -2.51. The van der Waals surface area contributed by atoms with Gasteiger partial charge in [0.1, 0.15) is 18.8 Å². The predicted molar refractivity (Wildman–Crippen MR) is 224 cm³/mol. The van der Waals surface area contributed by atoms with Gasteiger partial charge >= 0.3 is 0 Å². The quantitative estimate of drug-likeness (QED) is 0.0360. The largest absolute Gasteiger partial charge is 0.374 e. The maximum Gasteiger partial charge on any atom is 0.134 e. The summed E-state index contributed by atoms with van der Waals surface area (Å²) in [6.45, 7) is 11.5. The molecule has 0 radical (unpaired) electrons. The molecule has 4 heteroatoms. The third kappa shape index (κ3) is 37.1. The van der Waals surface area contributed by atoms with E-state index >= 15 is 0 Å². The molecule has 0 aliphatic carbocycles. The van der Waals surface area contributed by atoms with Crippen molar-refractivity contribution >= 4 is 0 Å². The number of quaternary nitrogens is 1. The van der Waals surface area contributed by atoms with Gasteiger partial charge in [-0.05, 0) is 77.8 Å². The molecule has 0 spiro atoms. The van der Waals surface area contributed by atoms with Crippen LogP contribution in [0.1, 0.15) is 201 Å². The zero-order valence-corrected chi connectivity index (χ0v) is 35.5. The normalized spacial score (nSPS) is 13.8. The van der Waals surface area contributed by atoms with E-state index in [9.17, 15) is 0 Å². The van der Waals surface area contributed by atoms with Gasteiger partial charge in [-0.1, -0.05) is 161 Å². The Bertz CT molecular complexity index is 715. The Labute approximate surface area is 316 Å². The SMILES string of the molecule is CCCCCCCC/C=C\CCCCCCCCOC(CN(C)CC)C(C[N+](C)(C)C)OCCCCCCCC/C=C\CCCCCCCC. The van der Waals surface area contributed by atoms with Crippen LogP contribution in [0.15, 0.2) is 24.3 Å². The number of likely N-dealkylation sites (N-methyl/N-ethyl adjacent to an activating group) is 2. The van der Waals surface area contributed by atoms with Crippen LogP contribution in [0.3, 0.4) is 0 Å². The summed E-state index contributed by atoms with van der Waals surface area (Å²) in [6.07, 6.45) is 47.5. The highest BCUT2D eigenvalue weighted by molar-refractivity contribution is 4.82. The first kappa shape index (κ1) is 49.3. The van der Waals surface area contributed by atoms with Crippen molar-refractivity contribution in [2.24, 2.45) is 0 Å². The van der Waals surface area contributed by atoms with Crippen molar-refractivity contribution in [1.29, 1.82) is 0 Å². The summed E-state index contributed by atoms with van der Waals surface area (Å²) in [5.41, 5.74) is 0. The number of hydrogen-bond donors (Lipinski definition) is 0. The van der Waals surface area contributed by atoms with E-state index in [-0.39, 0.29) is 12.2 Å². The molecule has 0 aromatic rings. The lowest BCUT2D eigenvalue weighted by molar-refractivity contribution is -0.874. The molecule has 0 amide bonds. The van der Waals surface area contributed by atoms with E-state index in [0.717, 1.165) is 50.2 Å². The van der Waals surface area contributed by atoms with E-state index in [1.807, 2.05) is 0 Å². The second-order valence-electron chi connectivity index (χ2n) is 16.5. The fourth-order valence-corrected chi connectivity index (χ4v) is 6.70. The molecule has 0 aromatic heterocycles. The molecule has 0 rings (SSSR count). The van der Waals surface area contributed by atoms with Crippen LogP contribution >= 0.6 is 0 Å². The summed E-state index contributed by atoms with van der Waals surface area (Å²) in [4.78, 5) is 2.39. The molecule has 0 N–H and O–H groups in total. The van der Waals surface area contributed by atoms with Crippen molar-refractivity contribution in [2.75, 3.05) is 61.0 Å². The van der Waals surface area contributed by atoms with Crippen LogP contribution in [0.25, 0.3) is 0 Å². The smallest absolute Gasteiger partial charge is 0.134 e. The van der Waals surface area contributed by atoms with E-state index in [1.54, 1.807) is 0 Å². The lowest BCUT2D eigenvalue weighted by Gasteiger charge is -2.35. The molecule has 0 aliphatic rings. The molecule has 0 saturated carbocycles. The van der Waals surface area contributed by atoms with E-state index in [2.05, 4.69) is 78.2 Å². The molecular weight excluding hydrogens is 613 g/mol. The van der Waals surface area contributed by atoms with Gasteiger partial charge in [-0.15, -0.1) is 0 Å². The molecule has 298 valence electrons. The predicted octanol–water partition coefficient (Wildman–Crippen LogP) is 13.5. The maximum absolute atomic E-state index is 6.65. The molecule has 4 nitrogen and oxygen atoms in total. The number of ether oxygens (including phenoxy) is 2. The molecule has 0 fully saturated rings. The van der Waals surface area contributed by atoms with Crippen molar-refractivity contribution in [2.45, 2.75) is 213 Å². The molecule has 2 atom stereocenters. The summed E-state index contributed by atoms with van der Waals surface area (Å²) in [5.74, 6) is 0. The summed E-state index contributed by atoms with van der Waals surface area (Å²) in [7, 11) is 9.07. The van der Waals surface area contributed by atoms with Crippen LogP contribution < -0.4 is 0 Å². The van der Waals surface area contributed by atoms with E-state index in [1.165, 1.54) is 167 Å². The van der Waals surface area contributed by atoms with Crippen LogP contribution in [0.5, 0.6) is 0 Å². The number of allylic oxidation sites excluding steroid dienone is 4. The Kier molecular flexibility index (Phi) is 37.5. The zero-order chi connectivity index (χ0) is 36.8. The average molecular weight is 706 g/mol. The molecule has 0 bridgehead atoms. The highest BCUT2D eigenvalue weighted by Gasteiger charge is 2.29. The van der Waals surface area contributed by atoms with Gasteiger partial charge in [0, 0.05) is 19.8 Å². The van der Waals surface area contributed by atoms with Gasteiger partial charge in [0.2, 0.25) is 0 Å². The molecule has 50 heavy (non-hydrogen) atoms. The monoisotopic (exact) mass is 706 g/mol. The molecule has 0 aromatic carbocycles. The Balaban J connectivity index is 4.19. The van der Waals surface area contributed by atoms with Gasteiger partial charge in [-0.2, -0.15) is 0 Å². The van der Waals surface area contributed by atoms with Crippen LogP contribution in [-0.4, -0.2) is 82.6 Å². The number of rotatable bonds is 40. The molecule has 0 heterocycles. The van der Waals surface area contributed by atoms with Crippen molar-refractivity contribution in [3.05, 3.63) is 24.3 Å². The summed E-state index contributed by atoms with van der Waals surface area (Å²) >= 11 is 0. The van der Waals surface area contributed by atoms with Gasteiger partial charge < -0.3 is 18.9 Å². The van der Waals surface area contributed by atoms with Crippen molar-refractivity contribution < 1.29 is 14.0 Å². The third-order valence-electron chi connectivity index (χ3n) is 10.1. The van der Waals surface area contributed by atoms with Crippen molar-refractivity contribution in [1.82, 2.24) is 4.90 Å². The van der Waals surface area contributed by atoms with Crippen molar-refractivity contribution in [3.8, 4) is 0 Å². The maximum atomic E-state index is 6.65. The van der Waals surface area contributed by atoms with Gasteiger partial charge in [0.25, 0.3) is 0 Å². The Morgan fingerprint density at radius 3 is 1.10 bits per heavy atom. The first-order chi connectivity index (χ1) is 24.3. The van der Waals surface area contributed by atoms with Gasteiger partial charge in [-0.25, -0.2) is 0 Å². The van der Waals surface area contributed by atoms with Crippen molar-refractivity contribution in [3.63, 3.8) is 0 Å². The van der Waals surface area contributed by atoms with Crippen LogP contribution in [0, 0.1) is 0 Å². The standard InChI is InChI=1S/C46H93N2O2/c1-8-11-13-15-17-19-21-23-25-27-29-31-33-35-37-39-41-49-45(43-47(4)10-3)46(44-48(5,6)7)50-42-40-38-36-34-32-30-28-26-24-22-20-18-16-14-12-9-2/h23-26,45-46H,8-22,27-44H2,1-7H3/q+1/b25-23-,26-24-. The number of hydrogen-bond acceptors (Lipinski definition) is 3. The van der Waals surface area contributed by atoms with Crippen LogP contribution in [0.2, 0.25) is 0 Å². The first-order valence-electron chi connectivity index (χ1n) is 22.4. The second kappa shape index (κ2) is 38.1. The minimum Gasteiger partial charge on any atom is -0.374 e. The molecule has 0 saturated heterocycles. The first-order valence-corrected chi connectivity index (χ1v) is 22.4. The minimum atomic E-state index is 0.134. The summed E-state index contributed by atoms with van der Waals surface area (Å²) in [5, 5.41) is 0. The number of unbranched alkanes of at least 4 members (excludes halogenated alkanes) is 24. The van der Waals surface area contributed by atoms with E-state index in [4.69, 9.17) is 9.47 Å². The fourth-order valence-electron chi connectivity index (χ4n) is 6.70. The molecule has 0 aliphatic heterocycles. The van der Waals surface area contributed by atoms with E-state index < -0.39 is 0 Å². The summed E-state index contributed by atoms with van der Waals surface area (Å²) in [6, 6.07) is 0. The lowest BCUT2D eigenvalue weighted by atomic mass is 10.1. The highest BCUT2D eigenvalue weighted by atomic mass is 16.5. The van der Waals surface area contributed by atoms with Crippen LogP contribution in [-0.2, 0) is 9.47 Å². The zero-order valence-electron chi connectivity index (χ0n) is 35.5. The van der Waals surface area contributed by atoms with Gasteiger partial charge in [0.15, 0.2) is 0 Å². The minimum absolute atomic E-state index is 0.134. The Morgan fingerprint density at radius 1 is 0.440 bits per heavy atom. The highest BCUT2D eigenvalue weighted by Crippen LogP contribution is 2.16.